The number of amides is 1. The molecular formula is C19H21NO3. The average molecular weight is 311 g/mol. The van der Waals surface area contributed by atoms with Crippen LogP contribution in [0, 0.1) is 12.8 Å². The van der Waals surface area contributed by atoms with Crippen LogP contribution in [0.15, 0.2) is 48.5 Å². The number of rotatable bonds is 5. The molecule has 0 saturated carbocycles. The van der Waals surface area contributed by atoms with Gasteiger partial charge in [0, 0.05) is 11.3 Å². The molecule has 2 aromatic carbocycles. The Labute approximate surface area is 136 Å². The quantitative estimate of drug-likeness (QED) is 0.847. The third kappa shape index (κ3) is 4.95. The third-order valence-electron chi connectivity index (χ3n) is 3.21. The molecule has 4 nitrogen and oxygen atoms in total. The summed E-state index contributed by atoms with van der Waals surface area (Å²) in [5.41, 5.74) is 2.74. The maximum Gasteiger partial charge on any atom is 0.338 e. The summed E-state index contributed by atoms with van der Waals surface area (Å²) in [7, 11) is 0. The van der Waals surface area contributed by atoms with Crippen LogP contribution in [0.5, 0.6) is 0 Å². The van der Waals surface area contributed by atoms with Crippen LogP contribution in [-0.2, 0) is 4.74 Å². The molecule has 0 saturated heterocycles. The topological polar surface area (TPSA) is 55.4 Å². The van der Waals surface area contributed by atoms with Gasteiger partial charge in [0.2, 0.25) is 0 Å². The normalized spacial score (nSPS) is 10.4. The third-order valence-corrected chi connectivity index (χ3v) is 3.21. The highest BCUT2D eigenvalue weighted by Crippen LogP contribution is 2.13. The second kappa shape index (κ2) is 7.58. The van der Waals surface area contributed by atoms with Gasteiger partial charge >= 0.3 is 5.97 Å². The molecule has 0 radical (unpaired) electrons. The molecule has 0 aliphatic rings. The fourth-order valence-electron chi connectivity index (χ4n) is 2.00. The fraction of sp³-hybridized carbons (Fsp3) is 0.263. The molecule has 0 bridgehead atoms. The molecule has 0 aromatic heterocycles. The van der Waals surface area contributed by atoms with E-state index in [0.29, 0.717) is 29.3 Å². The maximum atomic E-state index is 12.2. The molecule has 0 aliphatic carbocycles. The SMILES string of the molecule is Cc1cccc(C(=O)Nc2ccc(C(=O)OCC(C)C)cc2)c1. The van der Waals surface area contributed by atoms with Gasteiger partial charge in [0.15, 0.2) is 0 Å². The molecule has 2 rings (SSSR count). The minimum Gasteiger partial charge on any atom is -0.462 e. The number of anilines is 1. The predicted octanol–water partition coefficient (Wildman–Crippen LogP) is 4.06. The van der Waals surface area contributed by atoms with Gasteiger partial charge in [-0.15, -0.1) is 0 Å². The van der Waals surface area contributed by atoms with Gasteiger partial charge in [0.1, 0.15) is 0 Å². The Hall–Kier alpha value is -2.62. The van der Waals surface area contributed by atoms with E-state index in [4.69, 9.17) is 4.74 Å². The van der Waals surface area contributed by atoms with E-state index < -0.39 is 0 Å². The van der Waals surface area contributed by atoms with Crippen molar-refractivity contribution in [1.29, 1.82) is 0 Å². The van der Waals surface area contributed by atoms with Crippen LogP contribution in [0.2, 0.25) is 0 Å². The van der Waals surface area contributed by atoms with Crippen molar-refractivity contribution in [3.8, 4) is 0 Å². The Kier molecular flexibility index (Phi) is 5.52. The van der Waals surface area contributed by atoms with Crippen molar-refractivity contribution in [3.05, 3.63) is 65.2 Å². The first-order valence-electron chi connectivity index (χ1n) is 7.61. The van der Waals surface area contributed by atoms with Crippen molar-refractivity contribution in [1.82, 2.24) is 0 Å². The van der Waals surface area contributed by atoms with Gasteiger partial charge in [-0.05, 0) is 49.2 Å². The second-order valence-corrected chi connectivity index (χ2v) is 5.89. The summed E-state index contributed by atoms with van der Waals surface area (Å²) in [6.07, 6.45) is 0. The number of aryl methyl sites for hydroxylation is 1. The highest BCUT2D eigenvalue weighted by Gasteiger charge is 2.09. The number of carbonyl (C=O) groups is 2. The molecular weight excluding hydrogens is 290 g/mol. The van der Waals surface area contributed by atoms with Crippen LogP contribution in [0.3, 0.4) is 0 Å². The van der Waals surface area contributed by atoms with Gasteiger partial charge in [-0.1, -0.05) is 31.5 Å². The van der Waals surface area contributed by atoms with Gasteiger partial charge in [-0.2, -0.15) is 0 Å². The molecule has 0 heterocycles. The van der Waals surface area contributed by atoms with Gasteiger partial charge < -0.3 is 10.1 Å². The van der Waals surface area contributed by atoms with E-state index in [2.05, 4.69) is 5.32 Å². The van der Waals surface area contributed by atoms with E-state index in [0.717, 1.165) is 5.56 Å². The summed E-state index contributed by atoms with van der Waals surface area (Å²) < 4.78 is 5.17. The zero-order valence-electron chi connectivity index (χ0n) is 13.6. The Balaban J connectivity index is 1.99. The van der Waals surface area contributed by atoms with Gasteiger partial charge in [-0.25, -0.2) is 4.79 Å². The highest BCUT2D eigenvalue weighted by atomic mass is 16.5. The van der Waals surface area contributed by atoms with E-state index in [9.17, 15) is 9.59 Å². The van der Waals surface area contributed by atoms with E-state index in [1.165, 1.54) is 0 Å². The molecule has 23 heavy (non-hydrogen) atoms. The van der Waals surface area contributed by atoms with E-state index >= 15 is 0 Å². The summed E-state index contributed by atoms with van der Waals surface area (Å²) in [4.78, 5) is 24.0. The summed E-state index contributed by atoms with van der Waals surface area (Å²) in [6, 6.07) is 14.1. The van der Waals surface area contributed by atoms with Crippen molar-refractivity contribution < 1.29 is 14.3 Å². The van der Waals surface area contributed by atoms with Crippen molar-refractivity contribution >= 4 is 17.6 Å². The first-order chi connectivity index (χ1) is 11.0. The molecule has 1 amide bonds. The molecule has 0 aliphatic heterocycles. The molecule has 2 aromatic rings. The first-order valence-corrected chi connectivity index (χ1v) is 7.61. The van der Waals surface area contributed by atoms with Crippen LogP contribution in [0.4, 0.5) is 5.69 Å². The Morgan fingerprint density at radius 2 is 1.74 bits per heavy atom. The average Bonchev–Trinajstić information content (AvgIpc) is 2.53. The molecule has 0 unspecified atom stereocenters. The van der Waals surface area contributed by atoms with Crippen LogP contribution in [-0.4, -0.2) is 18.5 Å². The number of esters is 1. The minimum atomic E-state index is -0.352. The smallest absolute Gasteiger partial charge is 0.338 e. The molecule has 120 valence electrons. The number of nitrogens with one attached hydrogen (secondary N) is 1. The first kappa shape index (κ1) is 16.7. The summed E-state index contributed by atoms with van der Waals surface area (Å²) >= 11 is 0. The lowest BCUT2D eigenvalue weighted by atomic mass is 10.1. The predicted molar refractivity (Wildman–Crippen MR) is 90.7 cm³/mol. The lowest BCUT2D eigenvalue weighted by Gasteiger charge is -2.09. The van der Waals surface area contributed by atoms with E-state index in [1.54, 1.807) is 30.3 Å². The van der Waals surface area contributed by atoms with E-state index in [1.807, 2.05) is 39.0 Å². The molecule has 0 atom stereocenters. The standard InChI is InChI=1S/C19H21NO3/c1-13(2)12-23-19(22)15-7-9-17(10-8-15)20-18(21)16-6-4-5-14(3)11-16/h4-11,13H,12H2,1-3H3,(H,20,21). The van der Waals surface area contributed by atoms with Crippen LogP contribution < -0.4 is 5.32 Å². The summed E-state index contributed by atoms with van der Waals surface area (Å²) in [5.74, 6) is -0.231. The second-order valence-electron chi connectivity index (χ2n) is 5.89. The van der Waals surface area contributed by atoms with Crippen molar-refractivity contribution in [2.45, 2.75) is 20.8 Å². The Morgan fingerprint density at radius 1 is 1.04 bits per heavy atom. The zero-order chi connectivity index (χ0) is 16.8. The maximum absolute atomic E-state index is 12.2. The van der Waals surface area contributed by atoms with Gasteiger partial charge in [0.05, 0.1) is 12.2 Å². The van der Waals surface area contributed by atoms with Gasteiger partial charge in [0.25, 0.3) is 5.91 Å². The minimum absolute atomic E-state index is 0.177. The lowest BCUT2D eigenvalue weighted by molar-refractivity contribution is 0.0459. The zero-order valence-corrected chi connectivity index (χ0v) is 13.6. The van der Waals surface area contributed by atoms with E-state index in [-0.39, 0.29) is 11.9 Å². The number of carbonyl (C=O) groups excluding carboxylic acids is 2. The molecule has 1 N–H and O–H groups in total. The van der Waals surface area contributed by atoms with Crippen LogP contribution >= 0.6 is 0 Å². The number of hydrogen-bond donors (Lipinski definition) is 1. The summed E-state index contributed by atoms with van der Waals surface area (Å²) in [5, 5.41) is 2.81. The van der Waals surface area contributed by atoms with Crippen LogP contribution in [0.25, 0.3) is 0 Å². The van der Waals surface area contributed by atoms with Crippen molar-refractivity contribution in [3.63, 3.8) is 0 Å². The largest absolute Gasteiger partial charge is 0.462 e. The summed E-state index contributed by atoms with van der Waals surface area (Å²) in [6.45, 7) is 6.30. The highest BCUT2D eigenvalue weighted by molar-refractivity contribution is 6.04. The molecule has 0 fully saturated rings. The monoisotopic (exact) mass is 311 g/mol. The lowest BCUT2D eigenvalue weighted by Crippen LogP contribution is -2.13. The Morgan fingerprint density at radius 3 is 2.35 bits per heavy atom. The number of ether oxygens (including phenoxy) is 1. The fourth-order valence-corrected chi connectivity index (χ4v) is 2.00. The van der Waals surface area contributed by atoms with Crippen molar-refractivity contribution in [2.24, 2.45) is 5.92 Å². The molecule has 4 heteroatoms. The number of hydrogen-bond acceptors (Lipinski definition) is 3. The number of benzene rings is 2. The van der Waals surface area contributed by atoms with Gasteiger partial charge in [-0.3, -0.25) is 4.79 Å². The van der Waals surface area contributed by atoms with Crippen LogP contribution in [0.1, 0.15) is 40.1 Å². The van der Waals surface area contributed by atoms with Crippen molar-refractivity contribution in [2.75, 3.05) is 11.9 Å². The molecule has 0 spiro atoms. The Bertz CT molecular complexity index is 690.